The van der Waals surface area contributed by atoms with Crippen molar-refractivity contribution in [2.75, 3.05) is 0 Å². The van der Waals surface area contributed by atoms with E-state index in [0.29, 0.717) is 23.2 Å². The van der Waals surface area contributed by atoms with Crippen molar-refractivity contribution in [2.24, 2.45) is 23.2 Å². The van der Waals surface area contributed by atoms with E-state index >= 15 is 0 Å². The van der Waals surface area contributed by atoms with Crippen LogP contribution in [-0.4, -0.2) is 22.4 Å². The molecule has 0 aromatic carbocycles. The largest absolute Gasteiger partial charge is 0.393 e. The summed E-state index contributed by atoms with van der Waals surface area (Å²) in [6, 6.07) is 0. The predicted octanol–water partition coefficient (Wildman–Crippen LogP) is 3.75. The molecule has 0 aromatic rings. The van der Waals surface area contributed by atoms with E-state index in [4.69, 9.17) is 0 Å². The molecule has 2 aliphatic carbocycles. The van der Waals surface area contributed by atoms with Gasteiger partial charge in [-0.15, -0.1) is 0 Å². The summed E-state index contributed by atoms with van der Waals surface area (Å²) in [4.78, 5) is 0. The minimum atomic E-state index is -0.184. The Kier molecular flexibility index (Phi) is 4.94. The molecule has 0 bridgehead atoms. The standard InChI is InChI=1S/C17H32O2/c1-17(2,3)12-9-10-16(19)14(11-12)13-7-5-4-6-8-15(13)18/h12-16,18-19H,4-11H2,1-3H3. The molecule has 0 aliphatic heterocycles. The molecule has 5 atom stereocenters. The Bertz CT molecular complexity index is 281. The first-order valence-electron chi connectivity index (χ1n) is 8.25. The van der Waals surface area contributed by atoms with Crippen LogP contribution in [-0.2, 0) is 0 Å². The van der Waals surface area contributed by atoms with Crippen LogP contribution >= 0.6 is 0 Å². The molecule has 0 heterocycles. The molecule has 2 nitrogen and oxygen atoms in total. The molecule has 2 fully saturated rings. The molecule has 0 radical (unpaired) electrons. The van der Waals surface area contributed by atoms with Gasteiger partial charge in [-0.1, -0.05) is 40.0 Å². The first-order valence-corrected chi connectivity index (χ1v) is 8.25. The summed E-state index contributed by atoms with van der Waals surface area (Å²) in [5, 5.41) is 20.8. The molecule has 2 rings (SSSR count). The van der Waals surface area contributed by atoms with Crippen molar-refractivity contribution in [3.63, 3.8) is 0 Å². The Balaban J connectivity index is 2.07. The highest BCUT2D eigenvalue weighted by atomic mass is 16.3. The highest BCUT2D eigenvalue weighted by Crippen LogP contribution is 2.45. The van der Waals surface area contributed by atoms with Crippen LogP contribution in [0.1, 0.15) is 72.1 Å². The maximum atomic E-state index is 10.4. The van der Waals surface area contributed by atoms with E-state index in [1.54, 1.807) is 0 Å². The van der Waals surface area contributed by atoms with Gasteiger partial charge < -0.3 is 10.2 Å². The number of hydrogen-bond donors (Lipinski definition) is 2. The second-order valence-corrected chi connectivity index (χ2v) is 7.98. The smallest absolute Gasteiger partial charge is 0.0572 e. The van der Waals surface area contributed by atoms with Crippen LogP contribution < -0.4 is 0 Å². The fourth-order valence-electron chi connectivity index (χ4n) is 4.25. The molecule has 19 heavy (non-hydrogen) atoms. The second-order valence-electron chi connectivity index (χ2n) is 7.98. The molecule has 0 aromatic heterocycles. The minimum absolute atomic E-state index is 0.180. The van der Waals surface area contributed by atoms with Gasteiger partial charge in [0, 0.05) is 0 Å². The first kappa shape index (κ1) is 15.3. The Morgan fingerprint density at radius 3 is 2.05 bits per heavy atom. The summed E-state index contributed by atoms with van der Waals surface area (Å²) >= 11 is 0. The molecular formula is C17H32O2. The number of aliphatic hydroxyl groups excluding tert-OH is 2. The molecule has 5 unspecified atom stereocenters. The highest BCUT2D eigenvalue weighted by Gasteiger charge is 2.40. The van der Waals surface area contributed by atoms with Gasteiger partial charge >= 0.3 is 0 Å². The summed E-state index contributed by atoms with van der Waals surface area (Å²) in [5.41, 5.74) is 0.327. The van der Waals surface area contributed by atoms with Gasteiger partial charge in [0.2, 0.25) is 0 Å². The lowest BCUT2D eigenvalue weighted by molar-refractivity contribution is -0.0452. The SMILES string of the molecule is CC(C)(C)C1CCC(O)C(C2CCCCCC2O)C1. The van der Waals surface area contributed by atoms with Crippen LogP contribution in [0.3, 0.4) is 0 Å². The van der Waals surface area contributed by atoms with Crippen LogP contribution in [0, 0.1) is 23.2 Å². The van der Waals surface area contributed by atoms with Gasteiger partial charge in [-0.2, -0.15) is 0 Å². The van der Waals surface area contributed by atoms with E-state index in [-0.39, 0.29) is 12.2 Å². The molecule has 0 amide bonds. The van der Waals surface area contributed by atoms with Gasteiger partial charge in [-0.05, 0) is 55.3 Å². The summed E-state index contributed by atoms with van der Waals surface area (Å²) < 4.78 is 0. The molecule has 0 saturated heterocycles. The van der Waals surface area contributed by atoms with Crippen molar-refractivity contribution in [3.05, 3.63) is 0 Å². The number of hydrogen-bond acceptors (Lipinski definition) is 2. The van der Waals surface area contributed by atoms with Gasteiger partial charge in [-0.25, -0.2) is 0 Å². The maximum Gasteiger partial charge on any atom is 0.0572 e. The van der Waals surface area contributed by atoms with Crippen molar-refractivity contribution in [1.29, 1.82) is 0 Å². The van der Waals surface area contributed by atoms with Crippen molar-refractivity contribution in [1.82, 2.24) is 0 Å². The van der Waals surface area contributed by atoms with Crippen molar-refractivity contribution < 1.29 is 10.2 Å². The quantitative estimate of drug-likeness (QED) is 0.711. The lowest BCUT2D eigenvalue weighted by atomic mass is 9.64. The molecule has 112 valence electrons. The number of rotatable bonds is 1. The Hall–Kier alpha value is -0.0800. The van der Waals surface area contributed by atoms with Crippen molar-refractivity contribution in [3.8, 4) is 0 Å². The van der Waals surface area contributed by atoms with Crippen molar-refractivity contribution >= 4 is 0 Å². The fourth-order valence-corrected chi connectivity index (χ4v) is 4.25. The monoisotopic (exact) mass is 268 g/mol. The average Bonchev–Trinajstić information content (AvgIpc) is 2.53. The summed E-state index contributed by atoms with van der Waals surface area (Å²) in [6.07, 6.45) is 8.49. The summed E-state index contributed by atoms with van der Waals surface area (Å²) in [5.74, 6) is 1.35. The topological polar surface area (TPSA) is 40.5 Å². The molecule has 2 heteroatoms. The predicted molar refractivity (Wildman–Crippen MR) is 78.9 cm³/mol. The lowest BCUT2D eigenvalue weighted by Crippen LogP contribution is -2.41. The van der Waals surface area contributed by atoms with E-state index in [1.807, 2.05) is 0 Å². The maximum absolute atomic E-state index is 10.4. The Morgan fingerprint density at radius 2 is 1.37 bits per heavy atom. The molecular weight excluding hydrogens is 236 g/mol. The Morgan fingerprint density at radius 1 is 0.737 bits per heavy atom. The highest BCUT2D eigenvalue weighted by molar-refractivity contribution is 4.91. The number of aliphatic hydroxyl groups is 2. The zero-order chi connectivity index (χ0) is 14.0. The summed E-state index contributed by atoms with van der Waals surface area (Å²) in [7, 11) is 0. The normalized spacial score (nSPS) is 41.8. The van der Waals surface area contributed by atoms with E-state index in [1.165, 1.54) is 12.8 Å². The average molecular weight is 268 g/mol. The molecule has 2 saturated carbocycles. The van der Waals surface area contributed by atoms with Crippen LogP contribution in [0.4, 0.5) is 0 Å². The zero-order valence-electron chi connectivity index (χ0n) is 12.9. The van der Waals surface area contributed by atoms with E-state index in [0.717, 1.165) is 38.5 Å². The third-order valence-electron chi connectivity index (χ3n) is 5.67. The van der Waals surface area contributed by atoms with E-state index < -0.39 is 0 Å². The third kappa shape index (κ3) is 3.72. The fraction of sp³-hybridized carbons (Fsp3) is 1.00. The third-order valence-corrected chi connectivity index (χ3v) is 5.67. The zero-order valence-corrected chi connectivity index (χ0v) is 12.9. The van der Waals surface area contributed by atoms with Crippen LogP contribution in [0.25, 0.3) is 0 Å². The molecule has 2 aliphatic rings. The molecule has 0 spiro atoms. The lowest BCUT2D eigenvalue weighted by Gasteiger charge is -2.44. The first-order chi connectivity index (χ1) is 8.89. The van der Waals surface area contributed by atoms with Gasteiger partial charge in [0.05, 0.1) is 12.2 Å². The van der Waals surface area contributed by atoms with E-state index in [9.17, 15) is 10.2 Å². The van der Waals surface area contributed by atoms with Gasteiger partial charge in [0.25, 0.3) is 0 Å². The minimum Gasteiger partial charge on any atom is -0.393 e. The molecule has 2 N–H and O–H groups in total. The Labute approximate surface area is 118 Å². The van der Waals surface area contributed by atoms with Gasteiger partial charge in [0.1, 0.15) is 0 Å². The second kappa shape index (κ2) is 6.13. The van der Waals surface area contributed by atoms with E-state index in [2.05, 4.69) is 20.8 Å². The van der Waals surface area contributed by atoms with Crippen LogP contribution in [0.5, 0.6) is 0 Å². The van der Waals surface area contributed by atoms with Crippen LogP contribution in [0.2, 0.25) is 0 Å². The van der Waals surface area contributed by atoms with Crippen molar-refractivity contribution in [2.45, 2.75) is 84.3 Å². The summed E-state index contributed by atoms with van der Waals surface area (Å²) in [6.45, 7) is 6.95. The van der Waals surface area contributed by atoms with Gasteiger partial charge in [0.15, 0.2) is 0 Å². The van der Waals surface area contributed by atoms with Crippen LogP contribution in [0.15, 0.2) is 0 Å². The van der Waals surface area contributed by atoms with Gasteiger partial charge in [-0.3, -0.25) is 0 Å².